The van der Waals surface area contributed by atoms with Crippen LogP contribution in [-0.2, 0) is 6.61 Å². The first-order chi connectivity index (χ1) is 15.8. The SMILES string of the molecule is N#Cc1ccc(C(=O)N/N=C/c2cc(Cl)c(OCc3ccc([N+](=O)[O-])cc3)c(Br)c2)c(F)c1. The number of nitrogens with zero attached hydrogens (tertiary/aromatic N) is 3. The second-order valence-corrected chi connectivity index (χ2v) is 7.79. The van der Waals surface area contributed by atoms with Crippen LogP contribution in [0.15, 0.2) is 64.2 Å². The van der Waals surface area contributed by atoms with Gasteiger partial charge in [0, 0.05) is 12.1 Å². The van der Waals surface area contributed by atoms with Crippen molar-refractivity contribution in [2.24, 2.45) is 5.10 Å². The average molecular weight is 532 g/mol. The first-order valence-electron chi connectivity index (χ1n) is 9.16. The van der Waals surface area contributed by atoms with E-state index < -0.39 is 16.6 Å². The third-order valence-corrected chi connectivity index (χ3v) is 5.14. The number of rotatable bonds is 7. The number of hydrazone groups is 1. The number of hydrogen-bond acceptors (Lipinski definition) is 6. The quantitative estimate of drug-likeness (QED) is 0.250. The number of halogens is 3. The Labute approximate surface area is 200 Å². The number of carbonyl (C=O) groups is 1. The van der Waals surface area contributed by atoms with Gasteiger partial charge in [-0.15, -0.1) is 0 Å². The van der Waals surface area contributed by atoms with E-state index in [1.54, 1.807) is 30.3 Å². The minimum Gasteiger partial charge on any atom is -0.486 e. The number of carbonyl (C=O) groups excluding carboxylic acids is 1. The Morgan fingerprint density at radius 2 is 2.00 bits per heavy atom. The summed E-state index contributed by atoms with van der Waals surface area (Å²) in [5.41, 5.74) is 3.28. The molecular weight excluding hydrogens is 519 g/mol. The molecule has 11 heteroatoms. The maximum Gasteiger partial charge on any atom is 0.274 e. The molecule has 0 aliphatic heterocycles. The molecule has 8 nitrogen and oxygen atoms in total. The van der Waals surface area contributed by atoms with E-state index in [1.807, 2.05) is 0 Å². The number of benzene rings is 3. The van der Waals surface area contributed by atoms with Gasteiger partial charge in [-0.05, 0) is 69.5 Å². The van der Waals surface area contributed by atoms with Crippen molar-refractivity contribution in [2.45, 2.75) is 6.61 Å². The molecule has 0 bridgehead atoms. The molecule has 0 aliphatic rings. The lowest BCUT2D eigenvalue weighted by Gasteiger charge is -2.11. The van der Waals surface area contributed by atoms with Crippen LogP contribution in [-0.4, -0.2) is 17.0 Å². The lowest BCUT2D eigenvalue weighted by atomic mass is 10.1. The molecule has 0 heterocycles. The topological polar surface area (TPSA) is 118 Å². The zero-order valence-electron chi connectivity index (χ0n) is 16.6. The van der Waals surface area contributed by atoms with Gasteiger partial charge in [0.1, 0.15) is 12.4 Å². The molecule has 3 aromatic carbocycles. The fraction of sp³-hybridized carbons (Fsp3) is 0.0455. The van der Waals surface area contributed by atoms with E-state index in [2.05, 4.69) is 26.5 Å². The molecule has 0 fully saturated rings. The summed E-state index contributed by atoms with van der Waals surface area (Å²) >= 11 is 9.64. The van der Waals surface area contributed by atoms with Gasteiger partial charge in [-0.1, -0.05) is 11.6 Å². The summed E-state index contributed by atoms with van der Waals surface area (Å²) in [6, 6.07) is 14.4. The molecule has 0 saturated carbocycles. The van der Waals surface area contributed by atoms with Crippen LogP contribution in [0.3, 0.4) is 0 Å². The summed E-state index contributed by atoms with van der Waals surface area (Å²) in [4.78, 5) is 22.3. The lowest BCUT2D eigenvalue weighted by molar-refractivity contribution is -0.384. The summed E-state index contributed by atoms with van der Waals surface area (Å²) in [5.74, 6) is -1.25. The zero-order chi connectivity index (χ0) is 24.0. The Balaban J connectivity index is 1.64. The molecule has 0 spiro atoms. The number of amides is 1. The molecule has 1 amide bonds. The number of non-ortho nitro benzene ring substituents is 1. The molecule has 0 aliphatic carbocycles. The van der Waals surface area contributed by atoms with Gasteiger partial charge >= 0.3 is 0 Å². The number of nitriles is 1. The number of nitro groups is 1. The molecule has 0 atom stereocenters. The van der Waals surface area contributed by atoms with E-state index in [-0.39, 0.29) is 28.4 Å². The maximum absolute atomic E-state index is 13.9. The van der Waals surface area contributed by atoms with Crippen LogP contribution in [0.5, 0.6) is 5.75 Å². The molecular formula is C22H13BrClFN4O4. The highest BCUT2D eigenvalue weighted by molar-refractivity contribution is 9.10. The average Bonchev–Trinajstić information content (AvgIpc) is 2.78. The molecule has 0 radical (unpaired) electrons. The van der Waals surface area contributed by atoms with E-state index in [1.165, 1.54) is 30.5 Å². The summed E-state index contributed by atoms with van der Waals surface area (Å²) in [6.45, 7) is 0.135. The van der Waals surface area contributed by atoms with Crippen LogP contribution in [0.25, 0.3) is 0 Å². The fourth-order valence-corrected chi connectivity index (χ4v) is 3.64. The molecule has 166 valence electrons. The second kappa shape index (κ2) is 10.7. The fourth-order valence-electron chi connectivity index (χ4n) is 2.66. The van der Waals surface area contributed by atoms with Crippen LogP contribution in [0.1, 0.15) is 27.0 Å². The van der Waals surface area contributed by atoms with Gasteiger partial charge < -0.3 is 4.74 Å². The Kier molecular flexibility index (Phi) is 7.71. The number of hydrogen-bond donors (Lipinski definition) is 1. The maximum atomic E-state index is 13.9. The molecule has 3 aromatic rings. The van der Waals surface area contributed by atoms with Crippen LogP contribution in [0.2, 0.25) is 5.02 Å². The number of nitrogens with one attached hydrogen (secondary N) is 1. The molecule has 0 aromatic heterocycles. The first kappa shape index (κ1) is 23.8. The summed E-state index contributed by atoms with van der Waals surface area (Å²) in [6.07, 6.45) is 1.32. The Morgan fingerprint density at radius 3 is 2.61 bits per heavy atom. The minimum atomic E-state index is -0.831. The van der Waals surface area contributed by atoms with Crippen LogP contribution >= 0.6 is 27.5 Å². The van der Waals surface area contributed by atoms with E-state index in [0.29, 0.717) is 21.3 Å². The van der Waals surface area contributed by atoms with Crippen molar-refractivity contribution >= 4 is 45.3 Å². The van der Waals surface area contributed by atoms with Crippen molar-refractivity contribution < 1.29 is 18.8 Å². The monoisotopic (exact) mass is 530 g/mol. The molecule has 1 N–H and O–H groups in total. The highest BCUT2D eigenvalue weighted by atomic mass is 79.9. The van der Waals surface area contributed by atoms with Crippen LogP contribution < -0.4 is 10.2 Å². The molecule has 0 saturated heterocycles. The van der Waals surface area contributed by atoms with Gasteiger partial charge in [-0.3, -0.25) is 14.9 Å². The first-order valence-corrected chi connectivity index (χ1v) is 10.3. The van der Waals surface area contributed by atoms with Gasteiger partial charge in [0.25, 0.3) is 11.6 Å². The van der Waals surface area contributed by atoms with E-state index in [4.69, 9.17) is 21.6 Å². The zero-order valence-corrected chi connectivity index (χ0v) is 18.9. The standard InChI is InChI=1S/C22H13BrClFN4O4/c23-18-7-15(11-27-28-22(30)17-6-3-14(10-26)9-20(17)25)8-19(24)21(18)33-12-13-1-4-16(5-2-13)29(31)32/h1-9,11H,12H2,(H,28,30)/b27-11+. The van der Waals surface area contributed by atoms with Crippen molar-refractivity contribution in [2.75, 3.05) is 0 Å². The molecule has 0 unspecified atom stereocenters. The van der Waals surface area contributed by atoms with Gasteiger partial charge in [-0.25, -0.2) is 9.82 Å². The molecule has 33 heavy (non-hydrogen) atoms. The number of nitro benzene ring substituents is 1. The third kappa shape index (κ3) is 6.12. The Morgan fingerprint density at radius 1 is 1.27 bits per heavy atom. The minimum absolute atomic E-state index is 0.0179. The van der Waals surface area contributed by atoms with Crippen molar-refractivity contribution in [1.29, 1.82) is 5.26 Å². The van der Waals surface area contributed by atoms with E-state index >= 15 is 0 Å². The second-order valence-electron chi connectivity index (χ2n) is 6.53. The predicted molar refractivity (Wildman–Crippen MR) is 123 cm³/mol. The van der Waals surface area contributed by atoms with Gasteiger partial charge in [-0.2, -0.15) is 10.4 Å². The smallest absolute Gasteiger partial charge is 0.274 e. The lowest BCUT2D eigenvalue weighted by Crippen LogP contribution is -2.19. The van der Waals surface area contributed by atoms with Crippen LogP contribution in [0.4, 0.5) is 10.1 Å². The van der Waals surface area contributed by atoms with Gasteiger partial charge in [0.2, 0.25) is 0 Å². The highest BCUT2D eigenvalue weighted by Crippen LogP contribution is 2.34. The van der Waals surface area contributed by atoms with E-state index in [0.717, 1.165) is 6.07 Å². The van der Waals surface area contributed by atoms with Crippen molar-refractivity contribution in [3.63, 3.8) is 0 Å². The van der Waals surface area contributed by atoms with Crippen molar-refractivity contribution in [3.8, 4) is 11.8 Å². The highest BCUT2D eigenvalue weighted by Gasteiger charge is 2.13. The van der Waals surface area contributed by atoms with Gasteiger partial charge in [0.15, 0.2) is 5.75 Å². The van der Waals surface area contributed by atoms with Crippen molar-refractivity contribution in [1.82, 2.24) is 5.43 Å². The van der Waals surface area contributed by atoms with Crippen molar-refractivity contribution in [3.05, 3.63) is 102 Å². The van der Waals surface area contributed by atoms with E-state index in [9.17, 15) is 19.3 Å². The van der Waals surface area contributed by atoms with Crippen LogP contribution in [0, 0.1) is 27.3 Å². The largest absolute Gasteiger partial charge is 0.486 e. The normalized spacial score (nSPS) is 10.6. The number of ether oxygens (including phenoxy) is 1. The Hall–Kier alpha value is -3.81. The van der Waals surface area contributed by atoms with Gasteiger partial charge in [0.05, 0.1) is 37.8 Å². The molecule has 3 rings (SSSR count). The summed E-state index contributed by atoms with van der Waals surface area (Å²) in [5, 5.41) is 23.5. The Bertz CT molecular complexity index is 1270. The predicted octanol–water partition coefficient (Wildman–Crippen LogP) is 5.36. The third-order valence-electron chi connectivity index (χ3n) is 4.27. The summed E-state index contributed by atoms with van der Waals surface area (Å²) < 4.78 is 20.1. The summed E-state index contributed by atoms with van der Waals surface area (Å²) in [7, 11) is 0.